The Morgan fingerprint density at radius 3 is 2.80 bits per heavy atom. The third kappa shape index (κ3) is 1.93. The molecule has 1 unspecified atom stereocenters. The fourth-order valence-corrected chi connectivity index (χ4v) is 4.04. The Labute approximate surface area is 120 Å². The Hall–Kier alpha value is -1.76. The zero-order chi connectivity index (χ0) is 13.5. The van der Waals surface area contributed by atoms with E-state index in [0.29, 0.717) is 11.7 Å². The summed E-state index contributed by atoms with van der Waals surface area (Å²) < 4.78 is 0. The molecule has 2 aromatic rings. The number of hydrogen-bond acceptors (Lipinski definition) is 1. The van der Waals surface area contributed by atoms with Crippen molar-refractivity contribution in [3.8, 4) is 5.75 Å². The third-order valence-electron chi connectivity index (χ3n) is 5.04. The zero-order valence-electron chi connectivity index (χ0n) is 11.7. The number of fused-ring (bicyclic) bond motifs is 2. The van der Waals surface area contributed by atoms with Crippen LogP contribution in [0.2, 0.25) is 0 Å². The molecule has 0 aromatic heterocycles. The van der Waals surface area contributed by atoms with Gasteiger partial charge in [-0.2, -0.15) is 0 Å². The lowest BCUT2D eigenvalue weighted by Gasteiger charge is -2.27. The van der Waals surface area contributed by atoms with E-state index in [9.17, 15) is 5.11 Å². The van der Waals surface area contributed by atoms with Crippen LogP contribution in [0.1, 0.15) is 46.6 Å². The maximum absolute atomic E-state index is 9.60. The number of phenols is 1. The summed E-state index contributed by atoms with van der Waals surface area (Å²) in [6.07, 6.45) is 7.30. The molecule has 1 nitrogen and oxygen atoms in total. The second-order valence-electron chi connectivity index (χ2n) is 6.23. The molecule has 20 heavy (non-hydrogen) atoms. The SMILES string of the molecule is Oc1ccc2c(c1)CCC(c1cccc3c1CCC3)C2. The van der Waals surface area contributed by atoms with Gasteiger partial charge in [0, 0.05) is 0 Å². The van der Waals surface area contributed by atoms with E-state index in [-0.39, 0.29) is 0 Å². The molecule has 0 saturated carbocycles. The van der Waals surface area contributed by atoms with E-state index in [1.165, 1.54) is 36.8 Å². The molecule has 1 N–H and O–H groups in total. The molecular weight excluding hydrogens is 244 g/mol. The molecule has 0 radical (unpaired) electrons. The molecule has 1 heteroatoms. The first kappa shape index (κ1) is 12.0. The maximum atomic E-state index is 9.60. The van der Waals surface area contributed by atoms with E-state index < -0.39 is 0 Å². The molecule has 0 heterocycles. The average Bonchev–Trinajstić information content (AvgIpc) is 2.95. The van der Waals surface area contributed by atoms with Crippen LogP contribution in [0.25, 0.3) is 0 Å². The molecular formula is C19H20O. The Morgan fingerprint density at radius 2 is 1.85 bits per heavy atom. The first-order valence-electron chi connectivity index (χ1n) is 7.73. The summed E-state index contributed by atoms with van der Waals surface area (Å²) in [5.41, 5.74) is 7.58. The van der Waals surface area contributed by atoms with Crippen LogP contribution in [0, 0.1) is 0 Å². The molecule has 0 aliphatic heterocycles. The Morgan fingerprint density at radius 1 is 0.900 bits per heavy atom. The fraction of sp³-hybridized carbons (Fsp3) is 0.368. The highest BCUT2D eigenvalue weighted by Gasteiger charge is 2.24. The van der Waals surface area contributed by atoms with Crippen molar-refractivity contribution in [1.82, 2.24) is 0 Å². The predicted octanol–water partition coefficient (Wildman–Crippen LogP) is 4.15. The Kier molecular flexibility index (Phi) is 2.80. The molecule has 2 aromatic carbocycles. The second kappa shape index (κ2) is 4.66. The summed E-state index contributed by atoms with van der Waals surface area (Å²) in [6.45, 7) is 0. The molecule has 0 saturated heterocycles. The number of aromatic hydroxyl groups is 1. The van der Waals surface area contributed by atoms with Crippen molar-refractivity contribution in [3.05, 3.63) is 64.2 Å². The topological polar surface area (TPSA) is 20.2 Å². The standard InChI is InChI=1S/C19H20O/c20-17-10-9-14-11-16(8-7-15(14)12-17)19-6-2-4-13-3-1-5-18(13)19/h2,4,6,9-10,12,16,20H,1,3,5,7-8,11H2. The molecule has 2 aliphatic carbocycles. The molecule has 4 rings (SSSR count). The number of aryl methyl sites for hydroxylation is 2. The van der Waals surface area contributed by atoms with E-state index in [2.05, 4.69) is 24.3 Å². The Balaban J connectivity index is 1.69. The minimum atomic E-state index is 0.405. The van der Waals surface area contributed by atoms with Gasteiger partial charge in [-0.3, -0.25) is 0 Å². The number of benzene rings is 2. The maximum Gasteiger partial charge on any atom is 0.115 e. The molecule has 0 bridgehead atoms. The van der Waals surface area contributed by atoms with Crippen LogP contribution in [0.5, 0.6) is 5.75 Å². The molecule has 0 spiro atoms. The minimum Gasteiger partial charge on any atom is -0.508 e. The summed E-state index contributed by atoms with van der Waals surface area (Å²) in [7, 11) is 0. The summed E-state index contributed by atoms with van der Waals surface area (Å²) in [5.74, 6) is 1.07. The van der Waals surface area contributed by atoms with E-state index >= 15 is 0 Å². The average molecular weight is 264 g/mol. The Bertz CT molecular complexity index is 657. The lowest BCUT2D eigenvalue weighted by molar-refractivity contribution is 0.472. The summed E-state index contributed by atoms with van der Waals surface area (Å²) >= 11 is 0. The van der Waals surface area contributed by atoms with Gasteiger partial charge in [0.2, 0.25) is 0 Å². The van der Waals surface area contributed by atoms with E-state index in [4.69, 9.17) is 0 Å². The highest BCUT2D eigenvalue weighted by atomic mass is 16.3. The first-order chi connectivity index (χ1) is 9.81. The van der Waals surface area contributed by atoms with Gasteiger partial charge in [0.1, 0.15) is 5.75 Å². The number of hydrogen-bond donors (Lipinski definition) is 1. The van der Waals surface area contributed by atoms with Crippen LogP contribution in [0.3, 0.4) is 0 Å². The van der Waals surface area contributed by atoms with Crippen molar-refractivity contribution in [3.63, 3.8) is 0 Å². The lowest BCUT2D eigenvalue weighted by Crippen LogP contribution is -2.14. The van der Waals surface area contributed by atoms with Crippen LogP contribution in [0.15, 0.2) is 36.4 Å². The fourth-order valence-electron chi connectivity index (χ4n) is 4.04. The number of phenolic OH excluding ortho intramolecular Hbond substituents is 1. The molecule has 1 atom stereocenters. The largest absolute Gasteiger partial charge is 0.508 e. The third-order valence-corrected chi connectivity index (χ3v) is 5.04. The van der Waals surface area contributed by atoms with Crippen molar-refractivity contribution in [1.29, 1.82) is 0 Å². The van der Waals surface area contributed by atoms with Gasteiger partial charge >= 0.3 is 0 Å². The highest BCUT2D eigenvalue weighted by Crippen LogP contribution is 2.38. The van der Waals surface area contributed by atoms with Gasteiger partial charge in [0.15, 0.2) is 0 Å². The minimum absolute atomic E-state index is 0.405. The van der Waals surface area contributed by atoms with Crippen LogP contribution in [-0.2, 0) is 25.7 Å². The van der Waals surface area contributed by atoms with E-state index in [0.717, 1.165) is 12.8 Å². The van der Waals surface area contributed by atoms with Gasteiger partial charge < -0.3 is 5.11 Å². The van der Waals surface area contributed by atoms with Crippen LogP contribution in [-0.4, -0.2) is 5.11 Å². The lowest BCUT2D eigenvalue weighted by atomic mass is 9.78. The normalized spacial score (nSPS) is 20.5. The van der Waals surface area contributed by atoms with Gasteiger partial charge in [-0.25, -0.2) is 0 Å². The molecule has 102 valence electrons. The first-order valence-corrected chi connectivity index (χ1v) is 7.73. The molecule has 0 fully saturated rings. The summed E-state index contributed by atoms with van der Waals surface area (Å²) in [5, 5.41) is 9.60. The summed E-state index contributed by atoms with van der Waals surface area (Å²) in [4.78, 5) is 0. The van der Waals surface area contributed by atoms with Gasteiger partial charge in [-0.05, 0) is 84.4 Å². The molecule has 2 aliphatic rings. The van der Waals surface area contributed by atoms with Crippen molar-refractivity contribution in [2.24, 2.45) is 0 Å². The smallest absolute Gasteiger partial charge is 0.115 e. The monoisotopic (exact) mass is 264 g/mol. The number of rotatable bonds is 1. The quantitative estimate of drug-likeness (QED) is 0.820. The van der Waals surface area contributed by atoms with E-state index in [1.54, 1.807) is 16.7 Å². The molecule has 0 amide bonds. The summed E-state index contributed by atoms with van der Waals surface area (Å²) in [6, 6.07) is 12.8. The zero-order valence-corrected chi connectivity index (χ0v) is 11.7. The van der Waals surface area contributed by atoms with Crippen molar-refractivity contribution in [2.45, 2.75) is 44.4 Å². The van der Waals surface area contributed by atoms with E-state index in [1.807, 2.05) is 12.1 Å². The van der Waals surface area contributed by atoms with Gasteiger partial charge in [-0.1, -0.05) is 24.3 Å². The van der Waals surface area contributed by atoms with Gasteiger partial charge in [-0.15, -0.1) is 0 Å². The second-order valence-corrected chi connectivity index (χ2v) is 6.23. The highest BCUT2D eigenvalue weighted by molar-refractivity contribution is 5.44. The van der Waals surface area contributed by atoms with Crippen LogP contribution < -0.4 is 0 Å². The van der Waals surface area contributed by atoms with Crippen LogP contribution >= 0.6 is 0 Å². The predicted molar refractivity (Wildman–Crippen MR) is 81.3 cm³/mol. The van der Waals surface area contributed by atoms with Gasteiger partial charge in [0.25, 0.3) is 0 Å². The van der Waals surface area contributed by atoms with Crippen LogP contribution in [0.4, 0.5) is 0 Å². The van der Waals surface area contributed by atoms with Crippen molar-refractivity contribution in [2.75, 3.05) is 0 Å². The van der Waals surface area contributed by atoms with Crippen molar-refractivity contribution >= 4 is 0 Å². The van der Waals surface area contributed by atoms with Gasteiger partial charge in [0.05, 0.1) is 0 Å². The van der Waals surface area contributed by atoms with Crippen molar-refractivity contribution < 1.29 is 5.11 Å².